The highest BCUT2D eigenvalue weighted by Gasteiger charge is 2.18. The van der Waals surface area contributed by atoms with Crippen LogP contribution in [0.25, 0.3) is 0 Å². The maximum Gasteiger partial charge on any atom is 0.263 e. The molecule has 0 fully saturated rings. The number of benzene rings is 1. The van der Waals surface area contributed by atoms with Crippen molar-refractivity contribution in [3.05, 3.63) is 35.4 Å². The van der Waals surface area contributed by atoms with Gasteiger partial charge in [-0.15, -0.1) is 0 Å². The van der Waals surface area contributed by atoms with E-state index in [2.05, 4.69) is 0 Å². The fourth-order valence-corrected chi connectivity index (χ4v) is 2.41. The van der Waals surface area contributed by atoms with Crippen LogP contribution in [0.15, 0.2) is 24.3 Å². The summed E-state index contributed by atoms with van der Waals surface area (Å²) >= 11 is 0. The van der Waals surface area contributed by atoms with Crippen molar-refractivity contribution < 1.29 is 17.2 Å². The lowest BCUT2D eigenvalue weighted by molar-refractivity contribution is 0.151. The largest absolute Gasteiger partial charge is 0.263 e. The number of sulfonamides is 1. The van der Waals surface area contributed by atoms with E-state index in [1.807, 2.05) is 0 Å². The summed E-state index contributed by atoms with van der Waals surface area (Å²) in [5, 5.41) is 8.43. The van der Waals surface area contributed by atoms with Gasteiger partial charge in [-0.25, -0.2) is 17.2 Å². The number of nitriles is 1. The Kier molecular flexibility index (Phi) is 4.76. The van der Waals surface area contributed by atoms with Gasteiger partial charge in [0.25, 0.3) is 6.43 Å². The Labute approximate surface area is 105 Å². The topological polar surface area (TPSA) is 61.2 Å². The van der Waals surface area contributed by atoms with Crippen molar-refractivity contribution in [3.63, 3.8) is 0 Å². The summed E-state index contributed by atoms with van der Waals surface area (Å²) in [6.07, 6.45) is -2.63. The first-order chi connectivity index (χ1) is 8.36. The standard InChI is InChI=1S/C11H12F2N2O2S/c1-15(6-5-14)18(16,17)8-9-3-2-4-10(7-9)11(12)13/h2-4,7,11H,6,8H2,1H3. The third kappa shape index (κ3) is 3.75. The van der Waals surface area contributed by atoms with Gasteiger partial charge in [-0.2, -0.15) is 9.57 Å². The van der Waals surface area contributed by atoms with Crippen LogP contribution in [-0.4, -0.2) is 26.3 Å². The maximum absolute atomic E-state index is 12.5. The smallest absolute Gasteiger partial charge is 0.212 e. The first-order valence-corrected chi connectivity index (χ1v) is 6.65. The fraction of sp³-hybridized carbons (Fsp3) is 0.364. The predicted molar refractivity (Wildman–Crippen MR) is 62.3 cm³/mol. The lowest BCUT2D eigenvalue weighted by Gasteiger charge is -2.13. The molecule has 0 saturated heterocycles. The van der Waals surface area contributed by atoms with E-state index in [0.29, 0.717) is 0 Å². The average molecular weight is 274 g/mol. The Morgan fingerprint density at radius 2 is 2.11 bits per heavy atom. The molecule has 0 aliphatic rings. The summed E-state index contributed by atoms with van der Waals surface area (Å²) < 4.78 is 49.3. The molecule has 1 aromatic carbocycles. The summed E-state index contributed by atoms with van der Waals surface area (Å²) in [6, 6.07) is 6.95. The summed E-state index contributed by atoms with van der Waals surface area (Å²) in [4.78, 5) is 0. The van der Waals surface area contributed by atoms with Crippen LogP contribution in [0, 0.1) is 11.3 Å². The van der Waals surface area contributed by atoms with Gasteiger partial charge in [0.05, 0.1) is 11.8 Å². The second-order valence-electron chi connectivity index (χ2n) is 3.72. The highest BCUT2D eigenvalue weighted by atomic mass is 32.2. The SMILES string of the molecule is CN(CC#N)S(=O)(=O)Cc1cccc(C(F)F)c1. The predicted octanol–water partition coefficient (Wildman–Crippen LogP) is 1.91. The van der Waals surface area contributed by atoms with E-state index in [9.17, 15) is 17.2 Å². The van der Waals surface area contributed by atoms with Gasteiger partial charge in [-0.3, -0.25) is 0 Å². The van der Waals surface area contributed by atoms with Crippen molar-refractivity contribution in [2.45, 2.75) is 12.2 Å². The number of alkyl halides is 2. The Hall–Kier alpha value is -1.52. The van der Waals surface area contributed by atoms with Gasteiger partial charge in [0, 0.05) is 12.6 Å². The van der Waals surface area contributed by atoms with E-state index >= 15 is 0 Å². The quantitative estimate of drug-likeness (QED) is 0.770. The normalized spacial score (nSPS) is 11.8. The van der Waals surface area contributed by atoms with Gasteiger partial charge in [0.15, 0.2) is 0 Å². The Balaban J connectivity index is 2.91. The van der Waals surface area contributed by atoms with Crippen LogP contribution in [0.1, 0.15) is 17.6 Å². The van der Waals surface area contributed by atoms with Crippen molar-refractivity contribution in [3.8, 4) is 6.07 Å². The zero-order valence-corrected chi connectivity index (χ0v) is 10.5. The first kappa shape index (κ1) is 14.5. The molecule has 4 nitrogen and oxygen atoms in total. The zero-order valence-electron chi connectivity index (χ0n) is 9.68. The van der Waals surface area contributed by atoms with E-state index in [1.54, 1.807) is 6.07 Å². The summed E-state index contributed by atoms with van der Waals surface area (Å²) in [6.45, 7) is -0.267. The fourth-order valence-electron chi connectivity index (χ4n) is 1.34. The number of halogens is 2. The molecule has 0 aliphatic carbocycles. The Bertz CT molecular complexity index is 552. The molecule has 1 aromatic rings. The zero-order chi connectivity index (χ0) is 13.8. The van der Waals surface area contributed by atoms with Gasteiger partial charge >= 0.3 is 0 Å². The lowest BCUT2D eigenvalue weighted by atomic mass is 10.1. The summed E-state index contributed by atoms with van der Waals surface area (Å²) in [7, 11) is -2.38. The molecule has 18 heavy (non-hydrogen) atoms. The van der Waals surface area contributed by atoms with Crippen LogP contribution in [0.5, 0.6) is 0 Å². The lowest BCUT2D eigenvalue weighted by Crippen LogP contribution is -2.28. The Morgan fingerprint density at radius 1 is 1.44 bits per heavy atom. The van der Waals surface area contributed by atoms with E-state index in [1.165, 1.54) is 25.2 Å². The molecule has 0 aromatic heterocycles. The highest BCUT2D eigenvalue weighted by Crippen LogP contribution is 2.20. The minimum absolute atomic E-state index is 0.217. The van der Waals surface area contributed by atoms with E-state index in [-0.39, 0.29) is 17.7 Å². The summed E-state index contributed by atoms with van der Waals surface area (Å²) in [5.74, 6) is -0.397. The molecule has 0 radical (unpaired) electrons. The van der Waals surface area contributed by atoms with Gasteiger partial charge in [-0.05, 0) is 11.6 Å². The molecule has 98 valence electrons. The van der Waals surface area contributed by atoms with Crippen LogP contribution in [-0.2, 0) is 15.8 Å². The van der Waals surface area contributed by atoms with Crippen molar-refractivity contribution >= 4 is 10.0 Å². The van der Waals surface area contributed by atoms with Gasteiger partial charge in [0.1, 0.15) is 6.54 Å². The molecule has 0 atom stereocenters. The third-order valence-electron chi connectivity index (χ3n) is 2.32. The molecule has 0 spiro atoms. The number of hydrogen-bond acceptors (Lipinski definition) is 3. The monoisotopic (exact) mass is 274 g/mol. The average Bonchev–Trinajstić information content (AvgIpc) is 2.29. The van der Waals surface area contributed by atoms with Gasteiger partial charge < -0.3 is 0 Å². The van der Waals surface area contributed by atoms with E-state index < -0.39 is 22.2 Å². The number of nitrogens with zero attached hydrogens (tertiary/aromatic N) is 2. The number of rotatable bonds is 5. The van der Waals surface area contributed by atoms with Gasteiger partial charge in [0.2, 0.25) is 10.0 Å². The highest BCUT2D eigenvalue weighted by molar-refractivity contribution is 7.88. The van der Waals surface area contributed by atoms with Crippen molar-refractivity contribution in [2.24, 2.45) is 0 Å². The molecule has 0 bridgehead atoms. The molecule has 7 heteroatoms. The molecule has 0 aliphatic heterocycles. The minimum atomic E-state index is -3.65. The molecule has 0 N–H and O–H groups in total. The minimum Gasteiger partial charge on any atom is -0.212 e. The second-order valence-corrected chi connectivity index (χ2v) is 5.79. The van der Waals surface area contributed by atoms with Crippen molar-refractivity contribution in [2.75, 3.05) is 13.6 Å². The number of hydrogen-bond donors (Lipinski definition) is 0. The first-order valence-electron chi connectivity index (χ1n) is 5.05. The molecular weight excluding hydrogens is 262 g/mol. The second kappa shape index (κ2) is 5.89. The van der Waals surface area contributed by atoms with Crippen LogP contribution in [0.2, 0.25) is 0 Å². The molecule has 1 rings (SSSR count). The van der Waals surface area contributed by atoms with E-state index in [0.717, 1.165) is 10.4 Å². The Morgan fingerprint density at radius 3 is 2.67 bits per heavy atom. The molecule has 0 amide bonds. The van der Waals surface area contributed by atoms with Crippen LogP contribution in [0.3, 0.4) is 0 Å². The molecule has 0 unspecified atom stereocenters. The molecule has 0 heterocycles. The van der Waals surface area contributed by atoms with Gasteiger partial charge in [-0.1, -0.05) is 18.2 Å². The maximum atomic E-state index is 12.5. The molecular formula is C11H12F2N2O2S. The van der Waals surface area contributed by atoms with Crippen molar-refractivity contribution in [1.82, 2.24) is 4.31 Å². The summed E-state index contributed by atoms with van der Waals surface area (Å²) in [5.41, 5.74) is 0.0585. The third-order valence-corrected chi connectivity index (χ3v) is 4.10. The van der Waals surface area contributed by atoms with Crippen LogP contribution >= 0.6 is 0 Å². The van der Waals surface area contributed by atoms with E-state index in [4.69, 9.17) is 5.26 Å². The van der Waals surface area contributed by atoms with Crippen LogP contribution in [0.4, 0.5) is 8.78 Å². The van der Waals surface area contributed by atoms with Crippen molar-refractivity contribution in [1.29, 1.82) is 5.26 Å². The molecule has 0 saturated carbocycles. The van der Waals surface area contributed by atoms with Crippen LogP contribution < -0.4 is 0 Å².